The summed E-state index contributed by atoms with van der Waals surface area (Å²) in [6.45, 7) is 3.76. The molecule has 0 N–H and O–H groups in total. The summed E-state index contributed by atoms with van der Waals surface area (Å²) in [5.74, 6) is -1.44. The lowest BCUT2D eigenvalue weighted by Gasteiger charge is -2.22. The second-order valence-corrected chi connectivity index (χ2v) is 3.45. The van der Waals surface area contributed by atoms with Crippen molar-refractivity contribution in [3.63, 3.8) is 0 Å². The maximum absolute atomic E-state index is 10.8. The van der Waals surface area contributed by atoms with Gasteiger partial charge in [0.1, 0.15) is 0 Å². The van der Waals surface area contributed by atoms with E-state index >= 15 is 0 Å². The highest BCUT2D eigenvalue weighted by atomic mass is 16.4. The molecule has 2 nitrogen and oxygen atoms in total. The Morgan fingerprint density at radius 1 is 1.23 bits per heavy atom. The first-order chi connectivity index (χ1) is 6.13. The molecule has 0 aliphatic carbocycles. The van der Waals surface area contributed by atoms with Crippen LogP contribution in [0.15, 0.2) is 30.3 Å². The molecule has 0 fully saturated rings. The Morgan fingerprint density at radius 2 is 1.77 bits per heavy atom. The first kappa shape index (κ1) is 9.78. The smallest absolute Gasteiger partial charge is 0.0491 e. The summed E-state index contributed by atoms with van der Waals surface area (Å²) in [6.07, 6.45) is 0. The number of carbonyl (C=O) groups is 1. The molecule has 0 saturated heterocycles. The van der Waals surface area contributed by atoms with Crippen LogP contribution in [0.1, 0.15) is 25.3 Å². The fourth-order valence-electron chi connectivity index (χ4n) is 1.45. The zero-order chi connectivity index (χ0) is 9.84. The van der Waals surface area contributed by atoms with Gasteiger partial charge in [0, 0.05) is 11.9 Å². The normalized spacial score (nSPS) is 12.8. The number of carboxylic acids is 1. The van der Waals surface area contributed by atoms with Gasteiger partial charge in [-0.25, -0.2) is 0 Å². The van der Waals surface area contributed by atoms with Gasteiger partial charge in [-0.3, -0.25) is 0 Å². The van der Waals surface area contributed by atoms with Gasteiger partial charge in [0.15, 0.2) is 0 Å². The van der Waals surface area contributed by atoms with Crippen molar-refractivity contribution in [1.29, 1.82) is 0 Å². The molecular weight excluding hydrogens is 164 g/mol. The van der Waals surface area contributed by atoms with Crippen molar-refractivity contribution in [2.24, 2.45) is 5.92 Å². The zero-order valence-corrected chi connectivity index (χ0v) is 7.86. The van der Waals surface area contributed by atoms with E-state index in [1.807, 2.05) is 44.2 Å². The number of aliphatic carboxylic acids is 1. The van der Waals surface area contributed by atoms with Gasteiger partial charge < -0.3 is 9.90 Å². The van der Waals surface area contributed by atoms with Crippen LogP contribution in [0, 0.1) is 5.92 Å². The lowest BCUT2D eigenvalue weighted by Crippen LogP contribution is -2.32. The van der Waals surface area contributed by atoms with Crippen molar-refractivity contribution in [1.82, 2.24) is 0 Å². The first-order valence-electron chi connectivity index (χ1n) is 4.38. The fraction of sp³-hybridized carbons (Fsp3) is 0.364. The predicted molar refractivity (Wildman–Crippen MR) is 49.0 cm³/mol. The van der Waals surface area contributed by atoms with Crippen LogP contribution in [-0.2, 0) is 4.79 Å². The van der Waals surface area contributed by atoms with Gasteiger partial charge in [0.2, 0.25) is 0 Å². The van der Waals surface area contributed by atoms with E-state index in [0.29, 0.717) is 0 Å². The summed E-state index contributed by atoms with van der Waals surface area (Å²) >= 11 is 0. The second kappa shape index (κ2) is 4.08. The highest BCUT2D eigenvalue weighted by Gasteiger charge is 2.15. The predicted octanol–water partition coefficient (Wildman–Crippen LogP) is 1.18. The minimum absolute atomic E-state index is 0.0624. The minimum Gasteiger partial charge on any atom is -0.549 e. The van der Waals surface area contributed by atoms with E-state index in [9.17, 15) is 9.90 Å². The van der Waals surface area contributed by atoms with E-state index < -0.39 is 11.9 Å². The van der Waals surface area contributed by atoms with Gasteiger partial charge in [0.05, 0.1) is 0 Å². The number of carbonyl (C=O) groups excluding carboxylic acids is 1. The SMILES string of the molecule is CC(C)C(C(=O)[O-])c1ccccc1. The van der Waals surface area contributed by atoms with Crippen LogP contribution in [-0.4, -0.2) is 5.97 Å². The van der Waals surface area contributed by atoms with E-state index in [1.165, 1.54) is 0 Å². The number of carboxylic acid groups (broad SMARTS) is 1. The molecule has 1 rings (SSSR count). The molecular formula is C11H13O2-. The van der Waals surface area contributed by atoms with E-state index in [2.05, 4.69) is 0 Å². The van der Waals surface area contributed by atoms with Crippen molar-refractivity contribution in [2.45, 2.75) is 19.8 Å². The topological polar surface area (TPSA) is 40.1 Å². The van der Waals surface area contributed by atoms with Gasteiger partial charge >= 0.3 is 0 Å². The molecule has 1 aromatic rings. The molecule has 0 aliphatic rings. The summed E-state index contributed by atoms with van der Waals surface area (Å²) in [6, 6.07) is 9.19. The van der Waals surface area contributed by atoms with Crippen LogP contribution < -0.4 is 5.11 Å². The Kier molecular flexibility index (Phi) is 3.07. The number of rotatable bonds is 3. The van der Waals surface area contributed by atoms with Gasteiger partial charge in [-0.15, -0.1) is 0 Å². The first-order valence-corrected chi connectivity index (χ1v) is 4.38. The van der Waals surface area contributed by atoms with Crippen LogP contribution in [0.2, 0.25) is 0 Å². The maximum Gasteiger partial charge on any atom is 0.0491 e. The van der Waals surface area contributed by atoms with Crippen LogP contribution in [0.25, 0.3) is 0 Å². The average Bonchev–Trinajstić information content (AvgIpc) is 2.04. The molecule has 2 heteroatoms. The van der Waals surface area contributed by atoms with E-state index in [4.69, 9.17) is 0 Å². The van der Waals surface area contributed by atoms with Crippen molar-refractivity contribution in [3.05, 3.63) is 35.9 Å². The van der Waals surface area contributed by atoms with E-state index in [0.717, 1.165) is 5.56 Å². The molecule has 0 bridgehead atoms. The average molecular weight is 177 g/mol. The maximum atomic E-state index is 10.8. The minimum atomic E-state index is -0.999. The van der Waals surface area contributed by atoms with Crippen molar-refractivity contribution in [3.8, 4) is 0 Å². The molecule has 0 saturated carbocycles. The van der Waals surface area contributed by atoms with Crippen molar-refractivity contribution in [2.75, 3.05) is 0 Å². The van der Waals surface area contributed by atoms with Gasteiger partial charge in [-0.2, -0.15) is 0 Å². The molecule has 70 valence electrons. The lowest BCUT2D eigenvalue weighted by molar-refractivity contribution is -0.309. The molecule has 0 heterocycles. The molecule has 0 spiro atoms. The molecule has 0 amide bonds. The van der Waals surface area contributed by atoms with Crippen LogP contribution in [0.5, 0.6) is 0 Å². The molecule has 1 atom stereocenters. The molecule has 1 unspecified atom stereocenters. The summed E-state index contributed by atoms with van der Waals surface area (Å²) in [5.41, 5.74) is 0.817. The van der Waals surface area contributed by atoms with E-state index in [-0.39, 0.29) is 5.92 Å². The van der Waals surface area contributed by atoms with Crippen LogP contribution >= 0.6 is 0 Å². The van der Waals surface area contributed by atoms with Gasteiger partial charge in [0.25, 0.3) is 0 Å². The Balaban J connectivity index is 2.96. The summed E-state index contributed by atoms with van der Waals surface area (Å²) in [7, 11) is 0. The quantitative estimate of drug-likeness (QED) is 0.695. The summed E-state index contributed by atoms with van der Waals surface area (Å²) < 4.78 is 0. The van der Waals surface area contributed by atoms with Gasteiger partial charge in [-0.1, -0.05) is 44.2 Å². The molecule has 1 aromatic carbocycles. The van der Waals surface area contributed by atoms with Crippen LogP contribution in [0.4, 0.5) is 0 Å². The Hall–Kier alpha value is -1.31. The van der Waals surface area contributed by atoms with Crippen molar-refractivity contribution >= 4 is 5.97 Å². The van der Waals surface area contributed by atoms with Gasteiger partial charge in [-0.05, 0) is 11.5 Å². The molecule has 0 aromatic heterocycles. The number of hydrogen-bond donors (Lipinski definition) is 0. The monoisotopic (exact) mass is 177 g/mol. The Bertz CT molecular complexity index is 277. The van der Waals surface area contributed by atoms with Crippen LogP contribution in [0.3, 0.4) is 0 Å². The standard InChI is InChI=1S/C11H14O2/c1-8(2)10(11(12)13)9-6-4-3-5-7-9/h3-8,10H,1-2H3,(H,12,13)/p-1. The fourth-order valence-corrected chi connectivity index (χ4v) is 1.45. The largest absolute Gasteiger partial charge is 0.549 e. The Labute approximate surface area is 78.2 Å². The summed E-state index contributed by atoms with van der Waals surface area (Å²) in [4.78, 5) is 10.8. The third-order valence-electron chi connectivity index (χ3n) is 2.08. The number of benzene rings is 1. The second-order valence-electron chi connectivity index (χ2n) is 3.45. The van der Waals surface area contributed by atoms with E-state index in [1.54, 1.807) is 0 Å². The molecule has 0 radical (unpaired) electrons. The molecule has 13 heavy (non-hydrogen) atoms. The highest BCUT2D eigenvalue weighted by Crippen LogP contribution is 2.23. The lowest BCUT2D eigenvalue weighted by atomic mass is 9.89. The molecule has 0 aliphatic heterocycles. The Morgan fingerprint density at radius 3 is 2.15 bits per heavy atom. The highest BCUT2D eigenvalue weighted by molar-refractivity contribution is 5.74. The third kappa shape index (κ3) is 2.31. The van der Waals surface area contributed by atoms with Crippen molar-refractivity contribution < 1.29 is 9.90 Å². The summed E-state index contributed by atoms with van der Waals surface area (Å²) in [5, 5.41) is 10.8. The number of hydrogen-bond acceptors (Lipinski definition) is 2. The zero-order valence-electron chi connectivity index (χ0n) is 7.86. The third-order valence-corrected chi connectivity index (χ3v) is 2.08.